The molecule has 10 heteroatoms. The van der Waals surface area contributed by atoms with Crippen LogP contribution in [0.4, 0.5) is 0 Å². The van der Waals surface area contributed by atoms with Gasteiger partial charge in [0.2, 0.25) is 0 Å². The van der Waals surface area contributed by atoms with Gasteiger partial charge >= 0.3 is 19.8 Å². The highest BCUT2D eigenvalue weighted by atomic mass is 31.2. The van der Waals surface area contributed by atoms with Crippen LogP contribution in [0.1, 0.15) is 367 Å². The molecular formula is C73H141NO8P+. The van der Waals surface area contributed by atoms with Crippen molar-refractivity contribution in [3.8, 4) is 0 Å². The van der Waals surface area contributed by atoms with Gasteiger partial charge in [0.1, 0.15) is 19.8 Å². The molecule has 0 fully saturated rings. The van der Waals surface area contributed by atoms with E-state index in [9.17, 15) is 19.0 Å². The van der Waals surface area contributed by atoms with E-state index in [4.69, 9.17) is 18.5 Å². The van der Waals surface area contributed by atoms with Gasteiger partial charge in [-0.25, -0.2) is 4.57 Å². The molecule has 0 aromatic carbocycles. The summed E-state index contributed by atoms with van der Waals surface area (Å²) in [6.45, 7) is 4.47. The van der Waals surface area contributed by atoms with Crippen LogP contribution in [0.3, 0.4) is 0 Å². The second-order valence-corrected chi connectivity index (χ2v) is 27.4. The van der Waals surface area contributed by atoms with Crippen molar-refractivity contribution in [2.45, 2.75) is 373 Å². The highest BCUT2D eigenvalue weighted by molar-refractivity contribution is 7.47. The Balaban J connectivity index is 3.86. The Labute approximate surface area is 516 Å². The van der Waals surface area contributed by atoms with Gasteiger partial charge < -0.3 is 18.9 Å². The zero-order valence-corrected chi connectivity index (χ0v) is 56.9. The molecule has 0 saturated heterocycles. The molecule has 0 heterocycles. The fraction of sp³-hybridized carbons (Fsp3) is 0.890. The molecule has 0 saturated carbocycles. The topological polar surface area (TPSA) is 108 Å². The predicted octanol–water partition coefficient (Wildman–Crippen LogP) is 23.4. The second kappa shape index (κ2) is 64.7. The van der Waals surface area contributed by atoms with Crippen LogP contribution in [0.2, 0.25) is 0 Å². The van der Waals surface area contributed by atoms with Crippen molar-refractivity contribution in [3.63, 3.8) is 0 Å². The lowest BCUT2D eigenvalue weighted by molar-refractivity contribution is -0.870. The zero-order valence-electron chi connectivity index (χ0n) is 56.0. The molecule has 9 nitrogen and oxygen atoms in total. The Morgan fingerprint density at radius 1 is 0.373 bits per heavy atom. The van der Waals surface area contributed by atoms with Crippen molar-refractivity contribution in [3.05, 3.63) is 36.5 Å². The minimum absolute atomic E-state index is 0.0339. The van der Waals surface area contributed by atoms with Gasteiger partial charge in [0.05, 0.1) is 27.7 Å². The number of quaternary nitrogens is 1. The lowest BCUT2D eigenvalue weighted by Crippen LogP contribution is -2.37. The van der Waals surface area contributed by atoms with Crippen LogP contribution in [0.15, 0.2) is 36.5 Å². The minimum Gasteiger partial charge on any atom is -0.462 e. The van der Waals surface area contributed by atoms with Gasteiger partial charge in [-0.3, -0.25) is 18.6 Å². The average Bonchev–Trinajstić information content (AvgIpc) is 3.48. The minimum atomic E-state index is -4.39. The molecule has 0 amide bonds. The number of unbranched alkanes of at least 4 members (excludes halogenated alkanes) is 48. The quantitative estimate of drug-likeness (QED) is 0.0211. The molecular weight excluding hydrogens is 1050 g/mol. The van der Waals surface area contributed by atoms with E-state index in [1.807, 2.05) is 21.1 Å². The van der Waals surface area contributed by atoms with Crippen molar-refractivity contribution in [2.24, 2.45) is 0 Å². The molecule has 0 rings (SSSR count). The summed E-state index contributed by atoms with van der Waals surface area (Å²) < 4.78 is 34.7. The number of carbonyl (C=O) groups excluding carboxylic acids is 2. The first-order chi connectivity index (χ1) is 40.5. The lowest BCUT2D eigenvalue weighted by atomic mass is 10.0. The van der Waals surface area contributed by atoms with Gasteiger partial charge in [0, 0.05) is 12.8 Å². The van der Waals surface area contributed by atoms with Crippen LogP contribution in [0.5, 0.6) is 0 Å². The molecule has 1 N–H and O–H groups in total. The van der Waals surface area contributed by atoms with E-state index < -0.39 is 26.5 Å². The van der Waals surface area contributed by atoms with Gasteiger partial charge in [-0.2, -0.15) is 0 Å². The van der Waals surface area contributed by atoms with E-state index in [-0.39, 0.29) is 32.0 Å². The number of esters is 2. The number of nitrogens with zero attached hydrogens (tertiary/aromatic N) is 1. The smallest absolute Gasteiger partial charge is 0.462 e. The van der Waals surface area contributed by atoms with Gasteiger partial charge in [0.25, 0.3) is 0 Å². The summed E-state index contributed by atoms with van der Waals surface area (Å²) in [6.07, 6.45) is 82.8. The first-order valence-electron chi connectivity index (χ1n) is 36.2. The van der Waals surface area contributed by atoms with E-state index in [0.29, 0.717) is 17.4 Å². The number of phosphoric acid groups is 1. The predicted molar refractivity (Wildman–Crippen MR) is 358 cm³/mol. The van der Waals surface area contributed by atoms with Crippen LogP contribution >= 0.6 is 7.82 Å². The molecule has 2 unspecified atom stereocenters. The number of carbonyl (C=O) groups is 2. The number of likely N-dealkylation sites (N-methyl/N-ethyl adjacent to an activating group) is 1. The third-order valence-corrected chi connectivity index (χ3v) is 17.4. The van der Waals surface area contributed by atoms with Crippen molar-refractivity contribution >= 4 is 19.8 Å². The fourth-order valence-electron chi connectivity index (χ4n) is 10.8. The van der Waals surface area contributed by atoms with Crippen molar-refractivity contribution in [1.29, 1.82) is 0 Å². The number of ether oxygens (including phenoxy) is 2. The highest BCUT2D eigenvalue weighted by Gasteiger charge is 2.27. The van der Waals surface area contributed by atoms with Gasteiger partial charge in [-0.05, 0) is 70.6 Å². The maximum absolute atomic E-state index is 12.9. The molecule has 0 aliphatic heterocycles. The first-order valence-corrected chi connectivity index (χ1v) is 37.7. The summed E-state index contributed by atoms with van der Waals surface area (Å²) in [4.78, 5) is 35.8. The van der Waals surface area contributed by atoms with Crippen LogP contribution < -0.4 is 0 Å². The largest absolute Gasteiger partial charge is 0.472 e. The van der Waals surface area contributed by atoms with Crippen LogP contribution in [0.25, 0.3) is 0 Å². The molecule has 0 aromatic heterocycles. The SMILES string of the molecule is CCCCCCC/C=C\C/C=C\CCCCCCCCCCCCCCCCCCCCCCCCCCCCCCCC(=O)OC(COC(=O)CCCCCCCCC/C=C\CCCCCCCCC)COP(=O)(O)OCC[N+](C)(C)C. The number of hydrogen-bond donors (Lipinski definition) is 1. The molecule has 83 heavy (non-hydrogen) atoms. The number of hydrogen-bond acceptors (Lipinski definition) is 7. The summed E-state index contributed by atoms with van der Waals surface area (Å²) in [5.74, 6) is -0.783. The van der Waals surface area contributed by atoms with Crippen LogP contribution in [-0.2, 0) is 32.7 Å². The molecule has 2 atom stereocenters. The maximum atomic E-state index is 12.9. The first kappa shape index (κ1) is 81.2. The fourth-order valence-corrected chi connectivity index (χ4v) is 11.6. The Kier molecular flexibility index (Phi) is 63.3. The zero-order chi connectivity index (χ0) is 60.5. The van der Waals surface area contributed by atoms with Gasteiger partial charge in [-0.1, -0.05) is 320 Å². The summed E-state index contributed by atoms with van der Waals surface area (Å²) in [5.41, 5.74) is 0. The van der Waals surface area contributed by atoms with E-state index in [0.717, 1.165) is 38.5 Å². The summed E-state index contributed by atoms with van der Waals surface area (Å²) in [6, 6.07) is 0. The van der Waals surface area contributed by atoms with Crippen molar-refractivity contribution in [2.75, 3.05) is 47.5 Å². The number of allylic oxidation sites excluding steroid dienone is 6. The second-order valence-electron chi connectivity index (χ2n) is 26.0. The van der Waals surface area contributed by atoms with E-state index in [2.05, 4.69) is 50.3 Å². The summed E-state index contributed by atoms with van der Waals surface area (Å²) in [7, 11) is 1.49. The standard InChI is InChI=1S/C73H140NO8P/c1-6-8-10-12-14-16-18-20-22-24-26-27-28-29-30-31-32-33-34-35-36-37-38-39-40-41-42-43-44-45-46-47-48-50-52-54-56-58-60-62-64-66-73(76)82-71(70-81-83(77,78)80-68-67-74(3,4)5)69-79-72(75)65-63-61-59-57-55-53-51-49-25-23-21-19-17-15-13-11-9-7-2/h18,20,23-26,71H,6-17,19,21-22,27-70H2,1-5H3/p+1/b20-18-,25-23-,26-24-. The lowest BCUT2D eigenvalue weighted by Gasteiger charge is -2.24. The van der Waals surface area contributed by atoms with E-state index >= 15 is 0 Å². The number of rotatable bonds is 68. The van der Waals surface area contributed by atoms with Crippen molar-refractivity contribution in [1.82, 2.24) is 0 Å². The molecule has 0 aromatic rings. The Morgan fingerprint density at radius 2 is 0.651 bits per heavy atom. The third kappa shape index (κ3) is 69.2. The highest BCUT2D eigenvalue weighted by Crippen LogP contribution is 2.43. The van der Waals surface area contributed by atoms with E-state index in [1.165, 1.54) is 295 Å². The molecule has 0 spiro atoms. The average molecular weight is 1190 g/mol. The molecule has 0 radical (unpaired) electrons. The summed E-state index contributed by atoms with van der Waals surface area (Å²) in [5, 5.41) is 0. The Bertz CT molecular complexity index is 1490. The summed E-state index contributed by atoms with van der Waals surface area (Å²) >= 11 is 0. The Morgan fingerprint density at radius 3 is 0.964 bits per heavy atom. The van der Waals surface area contributed by atoms with Gasteiger partial charge in [0.15, 0.2) is 6.10 Å². The molecule has 0 aliphatic rings. The normalized spacial score (nSPS) is 13.3. The molecule has 490 valence electrons. The Hall–Kier alpha value is -1.77. The molecule has 0 aliphatic carbocycles. The van der Waals surface area contributed by atoms with E-state index in [1.54, 1.807) is 0 Å². The van der Waals surface area contributed by atoms with Crippen LogP contribution in [0, 0.1) is 0 Å². The monoisotopic (exact) mass is 1190 g/mol. The third-order valence-electron chi connectivity index (χ3n) is 16.4. The number of phosphoric ester groups is 1. The maximum Gasteiger partial charge on any atom is 0.472 e. The molecule has 0 bridgehead atoms. The van der Waals surface area contributed by atoms with Gasteiger partial charge in [-0.15, -0.1) is 0 Å². The van der Waals surface area contributed by atoms with Crippen molar-refractivity contribution < 1.29 is 42.1 Å². The van der Waals surface area contributed by atoms with Crippen LogP contribution in [-0.4, -0.2) is 74.9 Å².